The fraction of sp³-hybridized carbons (Fsp3) is 0.667. The van der Waals surface area contributed by atoms with Crippen molar-refractivity contribution >= 4 is 35.0 Å². The lowest BCUT2D eigenvalue weighted by atomic mass is 9.90. The van der Waals surface area contributed by atoms with Gasteiger partial charge in [-0.25, -0.2) is 4.79 Å². The number of halogens is 5. The lowest BCUT2D eigenvalue weighted by molar-refractivity contribution is -0.137. The first-order chi connectivity index (χ1) is 14.3. The first-order valence-corrected chi connectivity index (χ1v) is 11.0. The van der Waals surface area contributed by atoms with Crippen LogP contribution in [0.3, 0.4) is 0 Å². The highest BCUT2D eigenvalue weighted by atomic mass is 35.5. The average molecular weight is 482 g/mol. The molecule has 2 aromatic rings. The Bertz CT molecular complexity index is 944. The number of aromatic amines is 1. The zero-order chi connectivity index (χ0) is 21.5. The fourth-order valence-electron chi connectivity index (χ4n) is 5.05. The van der Waals surface area contributed by atoms with Crippen molar-refractivity contribution in [3.63, 3.8) is 0 Å². The van der Waals surface area contributed by atoms with Crippen molar-refractivity contribution < 1.29 is 17.9 Å². The number of nitrogens with zero attached hydrogens (tertiary/aromatic N) is 2. The molecule has 0 atom stereocenters. The van der Waals surface area contributed by atoms with E-state index in [-0.39, 0.29) is 34.7 Å². The average Bonchev–Trinajstić information content (AvgIpc) is 3.02. The molecule has 2 heterocycles. The molecule has 0 unspecified atom stereocenters. The number of fused-ring (bicyclic) bond motifs is 1. The number of rotatable bonds is 4. The van der Waals surface area contributed by atoms with E-state index in [0.717, 1.165) is 64.3 Å². The Hall–Kier alpha value is -1.22. The maximum Gasteiger partial charge on any atom is 0.417 e. The predicted molar refractivity (Wildman–Crippen MR) is 117 cm³/mol. The van der Waals surface area contributed by atoms with Gasteiger partial charge in [-0.1, -0.05) is 11.6 Å². The van der Waals surface area contributed by atoms with Crippen LogP contribution in [-0.4, -0.2) is 46.3 Å². The van der Waals surface area contributed by atoms with Gasteiger partial charge in [0.15, 0.2) is 0 Å². The molecule has 1 saturated carbocycles. The summed E-state index contributed by atoms with van der Waals surface area (Å²) in [6.07, 6.45) is 1.81. The number of hydrogen-bond acceptors (Lipinski definition) is 3. The minimum Gasteiger partial charge on any atom is -0.379 e. The number of likely N-dealkylation sites (tertiary alicyclic amines) is 1. The summed E-state index contributed by atoms with van der Waals surface area (Å²) in [6.45, 7) is 4.54. The Morgan fingerprint density at radius 2 is 1.74 bits per heavy atom. The SMILES string of the molecule is CCOC1CCC(N2CCC(n3c(=O)[nH]c4cc(C(F)(F)F)c(Cl)cc43)CC2)CC1.Cl. The number of alkyl halides is 3. The number of H-pyrrole nitrogens is 1. The minimum atomic E-state index is -4.56. The summed E-state index contributed by atoms with van der Waals surface area (Å²) in [5.74, 6) is 0. The summed E-state index contributed by atoms with van der Waals surface area (Å²) in [7, 11) is 0. The van der Waals surface area contributed by atoms with Crippen molar-refractivity contribution in [2.45, 2.75) is 69.8 Å². The minimum absolute atomic E-state index is 0. The maximum atomic E-state index is 13.1. The number of benzene rings is 1. The van der Waals surface area contributed by atoms with E-state index < -0.39 is 11.7 Å². The molecule has 1 aromatic heterocycles. The van der Waals surface area contributed by atoms with Crippen LogP contribution in [0.2, 0.25) is 5.02 Å². The standard InChI is InChI=1S/C21H27ClF3N3O2.ClH/c1-2-30-15-5-3-13(4-6-15)27-9-7-14(8-10-27)28-19-12-17(22)16(21(23,24)25)11-18(19)26-20(28)29;/h11-15H,2-10H2,1H3,(H,26,29);1H. The fourth-order valence-corrected chi connectivity index (χ4v) is 5.31. The highest BCUT2D eigenvalue weighted by Crippen LogP contribution is 2.37. The second-order valence-electron chi connectivity index (χ2n) is 8.30. The van der Waals surface area contributed by atoms with Gasteiger partial charge in [-0.15, -0.1) is 12.4 Å². The summed E-state index contributed by atoms with van der Waals surface area (Å²) in [6, 6.07) is 2.70. The molecule has 1 aromatic carbocycles. The lowest BCUT2D eigenvalue weighted by Crippen LogP contribution is -2.45. The van der Waals surface area contributed by atoms with Gasteiger partial charge >= 0.3 is 11.9 Å². The first-order valence-electron chi connectivity index (χ1n) is 10.6. The summed E-state index contributed by atoms with van der Waals surface area (Å²) in [5.41, 5.74) is -0.694. The Kier molecular flexibility index (Phi) is 7.66. The van der Waals surface area contributed by atoms with Gasteiger partial charge in [0.25, 0.3) is 0 Å². The largest absolute Gasteiger partial charge is 0.417 e. The summed E-state index contributed by atoms with van der Waals surface area (Å²) in [5, 5.41) is -0.383. The van der Waals surface area contributed by atoms with Crippen LogP contribution in [0, 0.1) is 0 Å². The van der Waals surface area contributed by atoms with E-state index in [0.29, 0.717) is 17.7 Å². The molecule has 0 spiro atoms. The van der Waals surface area contributed by atoms with Crippen LogP contribution in [0.5, 0.6) is 0 Å². The maximum absolute atomic E-state index is 13.1. The third-order valence-electron chi connectivity index (χ3n) is 6.54. The van der Waals surface area contributed by atoms with Crippen molar-refractivity contribution in [3.8, 4) is 0 Å². The molecule has 4 rings (SSSR count). The second-order valence-corrected chi connectivity index (χ2v) is 8.71. The molecule has 0 radical (unpaired) electrons. The monoisotopic (exact) mass is 481 g/mol. The summed E-state index contributed by atoms with van der Waals surface area (Å²) < 4.78 is 46.7. The van der Waals surface area contributed by atoms with Crippen molar-refractivity contribution in [1.29, 1.82) is 0 Å². The zero-order valence-electron chi connectivity index (χ0n) is 17.4. The van der Waals surface area contributed by atoms with E-state index >= 15 is 0 Å². The molecule has 1 aliphatic heterocycles. The van der Waals surface area contributed by atoms with Gasteiger partial charge in [0.2, 0.25) is 0 Å². The molecule has 2 aliphatic rings. The van der Waals surface area contributed by atoms with E-state index in [4.69, 9.17) is 16.3 Å². The van der Waals surface area contributed by atoms with E-state index in [2.05, 4.69) is 9.88 Å². The number of hydrogen-bond donors (Lipinski definition) is 1. The molecular weight excluding hydrogens is 454 g/mol. The quantitative estimate of drug-likeness (QED) is 0.635. The van der Waals surface area contributed by atoms with Crippen LogP contribution in [-0.2, 0) is 10.9 Å². The zero-order valence-corrected chi connectivity index (χ0v) is 19.0. The first kappa shape index (κ1) is 24.4. The van der Waals surface area contributed by atoms with Crippen molar-refractivity contribution in [3.05, 3.63) is 33.2 Å². The van der Waals surface area contributed by atoms with Gasteiger partial charge in [-0.05, 0) is 57.6 Å². The summed E-state index contributed by atoms with van der Waals surface area (Å²) >= 11 is 5.90. The predicted octanol–water partition coefficient (Wildman–Crippen LogP) is 5.41. The summed E-state index contributed by atoms with van der Waals surface area (Å²) in [4.78, 5) is 17.6. The molecule has 0 amide bonds. The normalized spacial score (nSPS) is 23.8. The van der Waals surface area contributed by atoms with Crippen LogP contribution in [0.1, 0.15) is 57.1 Å². The van der Waals surface area contributed by atoms with Gasteiger partial charge in [-0.2, -0.15) is 13.2 Å². The lowest BCUT2D eigenvalue weighted by Gasteiger charge is -2.41. The van der Waals surface area contributed by atoms with Crippen LogP contribution in [0.4, 0.5) is 13.2 Å². The van der Waals surface area contributed by atoms with Crippen LogP contribution >= 0.6 is 24.0 Å². The van der Waals surface area contributed by atoms with E-state index in [1.807, 2.05) is 6.92 Å². The van der Waals surface area contributed by atoms with E-state index in [1.54, 1.807) is 4.57 Å². The number of piperidine rings is 1. The number of imidazole rings is 1. The van der Waals surface area contributed by atoms with Crippen LogP contribution in [0.15, 0.2) is 16.9 Å². The number of nitrogens with one attached hydrogen (secondary N) is 1. The Morgan fingerprint density at radius 3 is 2.32 bits per heavy atom. The van der Waals surface area contributed by atoms with Crippen LogP contribution < -0.4 is 5.69 Å². The van der Waals surface area contributed by atoms with E-state index in [9.17, 15) is 18.0 Å². The molecule has 0 bridgehead atoms. The van der Waals surface area contributed by atoms with Crippen molar-refractivity contribution in [2.75, 3.05) is 19.7 Å². The Balaban J connectivity index is 0.00000272. The third kappa shape index (κ3) is 5.07. The van der Waals surface area contributed by atoms with Gasteiger partial charge in [0, 0.05) is 31.8 Å². The highest BCUT2D eigenvalue weighted by Gasteiger charge is 2.35. The Labute approximate surface area is 190 Å². The second kappa shape index (κ2) is 9.73. The number of aromatic nitrogens is 2. The molecule has 10 heteroatoms. The van der Waals surface area contributed by atoms with Gasteiger partial charge in [0.1, 0.15) is 0 Å². The molecule has 1 aliphatic carbocycles. The van der Waals surface area contributed by atoms with Crippen LogP contribution in [0.25, 0.3) is 11.0 Å². The van der Waals surface area contributed by atoms with Crippen molar-refractivity contribution in [2.24, 2.45) is 0 Å². The van der Waals surface area contributed by atoms with E-state index in [1.165, 1.54) is 6.07 Å². The molecular formula is C21H28Cl2F3N3O2. The van der Waals surface area contributed by atoms with Gasteiger partial charge in [0.05, 0.1) is 27.7 Å². The third-order valence-corrected chi connectivity index (χ3v) is 6.85. The van der Waals surface area contributed by atoms with Gasteiger partial charge < -0.3 is 14.6 Å². The molecule has 31 heavy (non-hydrogen) atoms. The Morgan fingerprint density at radius 1 is 1.10 bits per heavy atom. The molecule has 174 valence electrons. The topological polar surface area (TPSA) is 50.3 Å². The number of ether oxygens (including phenoxy) is 1. The van der Waals surface area contributed by atoms with Crippen molar-refractivity contribution in [1.82, 2.24) is 14.5 Å². The molecule has 2 fully saturated rings. The smallest absolute Gasteiger partial charge is 0.379 e. The van der Waals surface area contributed by atoms with Gasteiger partial charge in [-0.3, -0.25) is 4.57 Å². The molecule has 5 nitrogen and oxygen atoms in total. The highest BCUT2D eigenvalue weighted by molar-refractivity contribution is 6.32. The molecule has 1 saturated heterocycles. The molecule has 1 N–H and O–H groups in total.